The van der Waals surface area contributed by atoms with Crippen molar-refractivity contribution in [2.24, 2.45) is 0 Å². The molecule has 0 atom stereocenters. The van der Waals surface area contributed by atoms with Crippen LogP contribution in [0.15, 0.2) is 42.5 Å². The lowest BCUT2D eigenvalue weighted by Gasteiger charge is -2.10. The highest BCUT2D eigenvalue weighted by Crippen LogP contribution is 2.23. The van der Waals surface area contributed by atoms with Crippen molar-refractivity contribution in [2.75, 3.05) is 18.4 Å². The van der Waals surface area contributed by atoms with Gasteiger partial charge in [0.2, 0.25) is 0 Å². The molecule has 0 spiro atoms. The number of halogens is 3. The van der Waals surface area contributed by atoms with E-state index in [1.807, 2.05) is 6.07 Å². The number of benzene rings is 2. The van der Waals surface area contributed by atoms with Gasteiger partial charge in [0.05, 0.1) is 4.92 Å². The molecule has 23 heavy (non-hydrogen) atoms. The molecule has 0 aromatic heterocycles. The van der Waals surface area contributed by atoms with Crippen molar-refractivity contribution < 1.29 is 4.92 Å². The van der Waals surface area contributed by atoms with E-state index < -0.39 is 4.92 Å². The molecular weight excluding hydrogens is 361 g/mol. The monoisotopic (exact) mass is 375 g/mol. The Labute approximate surface area is 150 Å². The summed E-state index contributed by atoms with van der Waals surface area (Å²) in [6, 6.07) is 11.7. The van der Waals surface area contributed by atoms with Crippen LogP contribution in [0.2, 0.25) is 10.0 Å². The van der Waals surface area contributed by atoms with Crippen LogP contribution in [0.5, 0.6) is 0 Å². The van der Waals surface area contributed by atoms with E-state index in [1.165, 1.54) is 12.1 Å². The van der Waals surface area contributed by atoms with Crippen LogP contribution in [0.4, 0.5) is 11.4 Å². The Morgan fingerprint density at radius 2 is 1.61 bits per heavy atom. The third-order valence-electron chi connectivity index (χ3n) is 3.07. The maximum atomic E-state index is 10.6. The zero-order valence-corrected chi connectivity index (χ0v) is 14.4. The van der Waals surface area contributed by atoms with Gasteiger partial charge in [0.15, 0.2) is 0 Å². The van der Waals surface area contributed by atoms with E-state index in [-0.39, 0.29) is 18.1 Å². The molecule has 2 aromatic rings. The van der Waals surface area contributed by atoms with Crippen LogP contribution < -0.4 is 10.6 Å². The molecular formula is C15H16Cl3N3O2. The average molecular weight is 377 g/mol. The first-order chi connectivity index (χ1) is 10.6. The molecule has 2 rings (SSSR count). The number of nitro groups is 1. The van der Waals surface area contributed by atoms with Gasteiger partial charge in [-0.25, -0.2) is 0 Å². The molecule has 0 saturated carbocycles. The molecule has 0 saturated heterocycles. The first-order valence-electron chi connectivity index (χ1n) is 6.70. The fraction of sp³-hybridized carbons (Fsp3) is 0.200. The van der Waals surface area contributed by atoms with Crippen molar-refractivity contribution in [1.29, 1.82) is 0 Å². The molecule has 0 bridgehead atoms. The number of hydrogen-bond acceptors (Lipinski definition) is 4. The number of nitrogens with zero attached hydrogens (tertiary/aromatic N) is 1. The second-order valence-corrected chi connectivity index (χ2v) is 5.42. The number of rotatable bonds is 7. The fourth-order valence-corrected chi connectivity index (χ4v) is 2.44. The molecule has 0 aliphatic carbocycles. The third-order valence-corrected chi connectivity index (χ3v) is 3.78. The summed E-state index contributed by atoms with van der Waals surface area (Å²) in [4.78, 5) is 10.1. The van der Waals surface area contributed by atoms with E-state index in [2.05, 4.69) is 10.6 Å². The van der Waals surface area contributed by atoms with Gasteiger partial charge in [-0.3, -0.25) is 10.1 Å². The molecule has 0 unspecified atom stereocenters. The highest BCUT2D eigenvalue weighted by atomic mass is 35.5. The highest BCUT2D eigenvalue weighted by Gasteiger charge is 2.05. The molecule has 0 radical (unpaired) electrons. The minimum Gasteiger partial charge on any atom is -0.384 e. The van der Waals surface area contributed by atoms with Gasteiger partial charge in [-0.2, -0.15) is 0 Å². The van der Waals surface area contributed by atoms with Crippen molar-refractivity contribution in [3.05, 3.63) is 68.2 Å². The smallest absolute Gasteiger partial charge is 0.269 e. The van der Waals surface area contributed by atoms with Gasteiger partial charge >= 0.3 is 0 Å². The number of anilines is 1. The normalized spacial score (nSPS) is 10.0. The second kappa shape index (κ2) is 9.57. The van der Waals surface area contributed by atoms with Gasteiger partial charge in [0.25, 0.3) is 5.69 Å². The van der Waals surface area contributed by atoms with Gasteiger partial charge in [-0.05, 0) is 24.3 Å². The average Bonchev–Trinajstić information content (AvgIpc) is 2.50. The molecule has 0 aliphatic rings. The van der Waals surface area contributed by atoms with E-state index in [4.69, 9.17) is 23.2 Å². The molecule has 0 heterocycles. The largest absolute Gasteiger partial charge is 0.384 e. The number of hydrogen-bond donors (Lipinski definition) is 2. The third kappa shape index (κ3) is 5.88. The Bertz CT molecular complexity index is 631. The van der Waals surface area contributed by atoms with E-state index in [1.54, 1.807) is 24.3 Å². The molecule has 2 N–H and O–H groups in total. The van der Waals surface area contributed by atoms with Gasteiger partial charge in [0, 0.05) is 53.1 Å². The number of nitrogens with one attached hydrogen (secondary N) is 2. The Kier molecular flexibility index (Phi) is 8.12. The molecule has 0 amide bonds. The van der Waals surface area contributed by atoms with Crippen LogP contribution in [0, 0.1) is 10.1 Å². The Hall–Kier alpha value is -1.53. The summed E-state index contributed by atoms with van der Waals surface area (Å²) in [5.74, 6) is 0. The standard InChI is InChI=1S/C15H15Cl2N3O2.ClH/c16-14-2-1-3-15(17)13(14)10-18-8-9-19-11-4-6-12(7-5-11)20(21)22;/h1-7,18-19H,8-10H2;1H. The maximum Gasteiger partial charge on any atom is 0.269 e. The molecule has 2 aromatic carbocycles. The lowest BCUT2D eigenvalue weighted by Crippen LogP contribution is -2.22. The van der Waals surface area contributed by atoms with Crippen molar-refractivity contribution in [2.45, 2.75) is 6.54 Å². The van der Waals surface area contributed by atoms with E-state index in [0.29, 0.717) is 29.7 Å². The van der Waals surface area contributed by atoms with Crippen molar-refractivity contribution in [3.63, 3.8) is 0 Å². The summed E-state index contributed by atoms with van der Waals surface area (Å²) in [6.45, 7) is 1.97. The van der Waals surface area contributed by atoms with E-state index >= 15 is 0 Å². The van der Waals surface area contributed by atoms with Gasteiger partial charge in [-0.15, -0.1) is 12.4 Å². The quantitative estimate of drug-likeness (QED) is 0.423. The topological polar surface area (TPSA) is 67.2 Å². The molecule has 8 heteroatoms. The van der Waals surface area contributed by atoms with Crippen LogP contribution in [0.1, 0.15) is 5.56 Å². The van der Waals surface area contributed by atoms with Crippen LogP contribution in [-0.2, 0) is 6.54 Å². The maximum absolute atomic E-state index is 10.6. The zero-order chi connectivity index (χ0) is 15.9. The van der Waals surface area contributed by atoms with E-state index in [9.17, 15) is 10.1 Å². The molecule has 0 aliphatic heterocycles. The van der Waals surface area contributed by atoms with E-state index in [0.717, 1.165) is 11.3 Å². The predicted molar refractivity (Wildman–Crippen MR) is 97.0 cm³/mol. The van der Waals surface area contributed by atoms with Crippen LogP contribution >= 0.6 is 35.6 Å². The summed E-state index contributed by atoms with van der Waals surface area (Å²) in [5.41, 5.74) is 1.79. The van der Waals surface area contributed by atoms with Crippen molar-refractivity contribution >= 4 is 47.0 Å². The van der Waals surface area contributed by atoms with Gasteiger partial charge in [0.1, 0.15) is 0 Å². The SMILES string of the molecule is Cl.O=[N+]([O-])c1ccc(NCCNCc2c(Cl)cccc2Cl)cc1. The van der Waals surface area contributed by atoms with Crippen molar-refractivity contribution in [1.82, 2.24) is 5.32 Å². The van der Waals surface area contributed by atoms with Gasteiger partial charge < -0.3 is 10.6 Å². The zero-order valence-electron chi connectivity index (χ0n) is 12.1. The Balaban J connectivity index is 0.00000264. The van der Waals surface area contributed by atoms with Crippen LogP contribution in [0.25, 0.3) is 0 Å². The minimum atomic E-state index is -0.418. The minimum absolute atomic E-state index is 0. The van der Waals surface area contributed by atoms with Crippen LogP contribution in [0.3, 0.4) is 0 Å². The fourth-order valence-electron chi connectivity index (χ4n) is 1.91. The summed E-state index contributed by atoms with van der Waals surface area (Å²) in [7, 11) is 0. The molecule has 124 valence electrons. The van der Waals surface area contributed by atoms with Gasteiger partial charge in [-0.1, -0.05) is 29.3 Å². The predicted octanol–water partition coefficient (Wildman–Crippen LogP) is 4.53. The lowest BCUT2D eigenvalue weighted by molar-refractivity contribution is -0.384. The highest BCUT2D eigenvalue weighted by molar-refractivity contribution is 6.35. The van der Waals surface area contributed by atoms with Crippen LogP contribution in [-0.4, -0.2) is 18.0 Å². The molecule has 0 fully saturated rings. The first-order valence-corrected chi connectivity index (χ1v) is 7.45. The number of non-ortho nitro benzene ring substituents is 1. The Morgan fingerprint density at radius 3 is 2.17 bits per heavy atom. The second-order valence-electron chi connectivity index (χ2n) is 4.61. The van der Waals surface area contributed by atoms with Crippen molar-refractivity contribution in [3.8, 4) is 0 Å². The first kappa shape index (κ1) is 19.5. The summed E-state index contributed by atoms with van der Waals surface area (Å²) < 4.78 is 0. The molecule has 5 nitrogen and oxygen atoms in total. The lowest BCUT2D eigenvalue weighted by atomic mass is 10.2. The Morgan fingerprint density at radius 1 is 1.00 bits per heavy atom. The number of nitro benzene ring substituents is 1. The summed E-state index contributed by atoms with van der Waals surface area (Å²) >= 11 is 12.2. The summed E-state index contributed by atoms with van der Waals surface area (Å²) in [5, 5.41) is 18.3. The summed E-state index contributed by atoms with van der Waals surface area (Å²) in [6.07, 6.45) is 0.